The summed E-state index contributed by atoms with van der Waals surface area (Å²) < 4.78 is 27.4. The number of ketones is 1. The van der Waals surface area contributed by atoms with Crippen LogP contribution in [0.2, 0.25) is 0 Å². The molecule has 0 fully saturated rings. The van der Waals surface area contributed by atoms with Crippen LogP contribution < -0.4 is 19.1 Å². The molecule has 10 nitrogen and oxygen atoms in total. The van der Waals surface area contributed by atoms with E-state index in [0.717, 1.165) is 0 Å². The molecule has 1 amide bonds. The van der Waals surface area contributed by atoms with Crippen molar-refractivity contribution in [3.05, 3.63) is 76.9 Å². The number of aryl methyl sites for hydroxylation is 1. The van der Waals surface area contributed by atoms with Gasteiger partial charge in [-0.2, -0.15) is 0 Å². The number of Topliss-reactive ketones (excluding diaryl/α,β-unsaturated/α-hetero) is 1. The van der Waals surface area contributed by atoms with Crippen molar-refractivity contribution in [2.45, 2.75) is 13.0 Å². The molecule has 0 aliphatic carbocycles. The van der Waals surface area contributed by atoms with Crippen LogP contribution in [0.5, 0.6) is 17.2 Å². The number of methoxy groups -OCH3 is 3. The second kappa shape index (κ2) is 8.81. The number of furan rings is 1. The first-order chi connectivity index (χ1) is 17.4. The summed E-state index contributed by atoms with van der Waals surface area (Å²) in [5, 5.41) is 15.6. The number of benzene rings is 2. The predicted octanol–water partition coefficient (Wildman–Crippen LogP) is 4.54. The van der Waals surface area contributed by atoms with Gasteiger partial charge in [0.1, 0.15) is 11.8 Å². The number of ether oxygens (including phenoxy) is 3. The molecule has 36 heavy (non-hydrogen) atoms. The molecule has 2 aromatic carbocycles. The Morgan fingerprint density at radius 2 is 1.75 bits per heavy atom. The summed E-state index contributed by atoms with van der Waals surface area (Å²) in [7, 11) is 4.41. The first-order valence-electron chi connectivity index (χ1n) is 10.9. The molecule has 4 aromatic rings. The van der Waals surface area contributed by atoms with Crippen LogP contribution in [0.4, 0.5) is 5.82 Å². The minimum absolute atomic E-state index is 0.0751. The zero-order chi connectivity index (χ0) is 25.6. The van der Waals surface area contributed by atoms with Gasteiger partial charge in [-0.25, -0.2) is 0 Å². The van der Waals surface area contributed by atoms with E-state index in [1.165, 1.54) is 38.4 Å². The third-order valence-corrected chi connectivity index (χ3v) is 5.99. The number of amides is 1. The number of carbonyl (C=O) groups excluding carboxylic acids is 2. The average molecular weight is 490 g/mol. The van der Waals surface area contributed by atoms with Gasteiger partial charge in [0.2, 0.25) is 5.78 Å². The highest BCUT2D eigenvalue weighted by molar-refractivity contribution is 6.20. The molecule has 184 valence electrons. The highest BCUT2D eigenvalue weighted by Gasteiger charge is 2.48. The quantitative estimate of drug-likeness (QED) is 0.372. The Morgan fingerprint density at radius 1 is 1.03 bits per heavy atom. The molecule has 1 aliphatic rings. The van der Waals surface area contributed by atoms with E-state index in [1.54, 1.807) is 43.3 Å². The second-order valence-corrected chi connectivity index (χ2v) is 8.04. The highest BCUT2D eigenvalue weighted by atomic mass is 16.5. The Bertz CT molecular complexity index is 1530. The number of fused-ring (bicyclic) bond motifs is 1. The van der Waals surface area contributed by atoms with Crippen LogP contribution in [0.3, 0.4) is 0 Å². The van der Waals surface area contributed by atoms with Gasteiger partial charge in [-0.05, 0) is 25.1 Å². The van der Waals surface area contributed by atoms with Crippen LogP contribution >= 0.6 is 0 Å². The van der Waals surface area contributed by atoms with Crippen molar-refractivity contribution in [1.29, 1.82) is 0 Å². The largest absolute Gasteiger partial charge is 0.503 e. The molecule has 0 saturated heterocycles. The fraction of sp³-hybridized carbons (Fsp3) is 0.192. The molecule has 3 heterocycles. The maximum Gasteiger partial charge on any atom is 0.295 e. The Hall–Kier alpha value is -4.73. The van der Waals surface area contributed by atoms with E-state index in [2.05, 4.69) is 5.16 Å². The molecule has 0 unspecified atom stereocenters. The topological polar surface area (TPSA) is 124 Å². The first-order valence-corrected chi connectivity index (χ1v) is 10.9. The fourth-order valence-corrected chi connectivity index (χ4v) is 4.40. The smallest absolute Gasteiger partial charge is 0.295 e. The van der Waals surface area contributed by atoms with Gasteiger partial charge in [-0.3, -0.25) is 14.5 Å². The Kier molecular flexibility index (Phi) is 5.63. The summed E-state index contributed by atoms with van der Waals surface area (Å²) in [6.45, 7) is 1.67. The normalized spacial score (nSPS) is 15.6. The van der Waals surface area contributed by atoms with Crippen molar-refractivity contribution < 1.29 is 37.8 Å². The molecule has 5 rings (SSSR count). The van der Waals surface area contributed by atoms with Crippen molar-refractivity contribution in [2.24, 2.45) is 0 Å². The Balaban J connectivity index is 1.71. The minimum atomic E-state index is -1.12. The molecule has 0 bridgehead atoms. The minimum Gasteiger partial charge on any atom is -0.503 e. The summed E-state index contributed by atoms with van der Waals surface area (Å²) in [5.41, 5.74) is 0.560. The van der Waals surface area contributed by atoms with E-state index < -0.39 is 23.5 Å². The molecule has 2 aromatic heterocycles. The number of aliphatic hydroxyl groups is 1. The highest BCUT2D eigenvalue weighted by Crippen LogP contribution is 2.47. The van der Waals surface area contributed by atoms with Crippen LogP contribution in [0.15, 0.2) is 68.8 Å². The van der Waals surface area contributed by atoms with E-state index in [0.29, 0.717) is 33.8 Å². The lowest BCUT2D eigenvalue weighted by Crippen LogP contribution is -2.31. The Morgan fingerprint density at radius 3 is 2.42 bits per heavy atom. The lowest BCUT2D eigenvalue weighted by atomic mass is 9.94. The zero-order valence-electron chi connectivity index (χ0n) is 19.9. The monoisotopic (exact) mass is 490 g/mol. The van der Waals surface area contributed by atoms with Gasteiger partial charge in [-0.1, -0.05) is 29.4 Å². The van der Waals surface area contributed by atoms with Crippen molar-refractivity contribution in [3.63, 3.8) is 0 Å². The molecular weight excluding hydrogens is 468 g/mol. The molecule has 1 N–H and O–H groups in total. The maximum atomic E-state index is 13.8. The maximum absolute atomic E-state index is 13.8. The number of rotatable bonds is 7. The summed E-state index contributed by atoms with van der Waals surface area (Å²) >= 11 is 0. The van der Waals surface area contributed by atoms with Gasteiger partial charge in [-0.15, -0.1) is 0 Å². The second-order valence-electron chi connectivity index (χ2n) is 8.04. The van der Waals surface area contributed by atoms with Gasteiger partial charge >= 0.3 is 0 Å². The van der Waals surface area contributed by atoms with Crippen LogP contribution in [-0.2, 0) is 4.79 Å². The number of para-hydroxylation sites is 2. The van der Waals surface area contributed by atoms with Gasteiger partial charge in [0, 0.05) is 17.0 Å². The van der Waals surface area contributed by atoms with Crippen LogP contribution in [-0.4, -0.2) is 43.3 Å². The molecule has 10 heteroatoms. The number of hydrogen-bond donors (Lipinski definition) is 1. The number of anilines is 1. The van der Waals surface area contributed by atoms with Crippen molar-refractivity contribution >= 4 is 28.5 Å². The van der Waals surface area contributed by atoms with Gasteiger partial charge in [0.05, 0.1) is 26.9 Å². The summed E-state index contributed by atoms with van der Waals surface area (Å²) in [5.74, 6) is -0.646. The molecular formula is C26H22N2O8. The van der Waals surface area contributed by atoms with E-state index >= 15 is 0 Å². The first kappa shape index (κ1) is 23.0. The third kappa shape index (κ3) is 3.46. The number of aliphatic hydroxyl groups excluding tert-OH is 1. The van der Waals surface area contributed by atoms with E-state index in [1.807, 2.05) is 0 Å². The zero-order valence-corrected chi connectivity index (χ0v) is 19.9. The SMILES string of the molecule is COc1cccc([C@H]2C(C(=O)c3cc4cccc(OC)c4o3)=C(O)C(=O)N2c2cc(C)on2)c1OC. The molecule has 1 aliphatic heterocycles. The molecule has 0 saturated carbocycles. The molecule has 1 atom stereocenters. The van der Waals surface area contributed by atoms with Crippen LogP contribution in [0.25, 0.3) is 11.0 Å². The lowest BCUT2D eigenvalue weighted by molar-refractivity contribution is -0.117. The van der Waals surface area contributed by atoms with Gasteiger partial charge in [0.15, 0.2) is 40.2 Å². The summed E-state index contributed by atoms with van der Waals surface area (Å²) in [6, 6.07) is 12.2. The number of carbonyl (C=O) groups is 2. The number of hydrogen-bond acceptors (Lipinski definition) is 9. The van der Waals surface area contributed by atoms with E-state index in [4.69, 9.17) is 23.2 Å². The summed E-state index contributed by atoms with van der Waals surface area (Å²) in [6.07, 6.45) is 0. The van der Waals surface area contributed by atoms with Gasteiger partial charge in [0.25, 0.3) is 5.91 Å². The van der Waals surface area contributed by atoms with Crippen LogP contribution in [0, 0.1) is 6.92 Å². The van der Waals surface area contributed by atoms with Crippen LogP contribution in [0.1, 0.15) is 27.9 Å². The van der Waals surface area contributed by atoms with E-state index in [-0.39, 0.29) is 22.9 Å². The third-order valence-electron chi connectivity index (χ3n) is 5.99. The summed E-state index contributed by atoms with van der Waals surface area (Å²) in [4.78, 5) is 28.4. The van der Waals surface area contributed by atoms with Crippen molar-refractivity contribution in [3.8, 4) is 17.2 Å². The Labute approximate surface area is 205 Å². The fourth-order valence-electron chi connectivity index (χ4n) is 4.40. The molecule has 0 spiro atoms. The lowest BCUT2D eigenvalue weighted by Gasteiger charge is -2.26. The van der Waals surface area contributed by atoms with E-state index in [9.17, 15) is 14.7 Å². The average Bonchev–Trinajstić information content (AvgIpc) is 3.59. The number of nitrogens with zero attached hydrogens (tertiary/aromatic N) is 2. The molecule has 0 radical (unpaired) electrons. The number of aromatic nitrogens is 1. The predicted molar refractivity (Wildman–Crippen MR) is 128 cm³/mol. The van der Waals surface area contributed by atoms with Crippen molar-refractivity contribution in [2.75, 3.05) is 26.2 Å². The van der Waals surface area contributed by atoms with Crippen molar-refractivity contribution in [1.82, 2.24) is 5.16 Å². The van der Waals surface area contributed by atoms with Gasteiger partial charge < -0.3 is 28.3 Å². The standard InChI is InChI=1S/C26H22N2O8/c1-13-11-19(27-36-13)28-21(15-8-6-10-17(33-3)25(15)34-4)20(23(30)26(28)31)22(29)18-12-14-7-5-9-16(32-2)24(14)35-18/h5-12,21,30H,1-4H3/t21-/m0/s1.